The van der Waals surface area contributed by atoms with Crippen LogP contribution in [0.2, 0.25) is 0 Å². The molecular weight excluding hydrogens is 513 g/mol. The first-order chi connectivity index (χ1) is 17.9. The van der Waals surface area contributed by atoms with E-state index in [1.165, 1.54) is 23.0 Å². The van der Waals surface area contributed by atoms with Crippen LogP contribution in [-0.2, 0) is 22.0 Å². The third-order valence-electron chi connectivity index (χ3n) is 6.80. The highest BCUT2D eigenvalue weighted by Crippen LogP contribution is 2.37. The van der Waals surface area contributed by atoms with Crippen LogP contribution in [-0.4, -0.2) is 55.1 Å². The number of carbonyl (C=O) groups is 1. The minimum absolute atomic E-state index is 0.123. The fourth-order valence-electron chi connectivity index (χ4n) is 5.02. The van der Waals surface area contributed by atoms with Crippen LogP contribution in [0.3, 0.4) is 0 Å². The number of aromatic nitrogens is 2. The molecule has 1 aliphatic rings. The Kier molecular flexibility index (Phi) is 6.49. The first-order valence-electron chi connectivity index (χ1n) is 12.0. The number of nitrogens with one attached hydrogen (secondary N) is 2. The molecule has 4 aromatic rings. The molecule has 0 bridgehead atoms. The van der Waals surface area contributed by atoms with E-state index in [4.69, 9.17) is 14.9 Å². The van der Waals surface area contributed by atoms with Crippen LogP contribution in [0.15, 0.2) is 51.8 Å². The average Bonchev–Trinajstić information content (AvgIpc) is 3.38. The number of H-pyrrole nitrogens is 1. The smallest absolute Gasteiger partial charge is 0.419 e. The number of nitrogens with two attached hydrogens (primary N) is 1. The molecule has 0 radical (unpaired) electrons. The topological polar surface area (TPSA) is 158 Å². The molecule has 5 N–H and O–H groups in total. The van der Waals surface area contributed by atoms with E-state index in [2.05, 4.69) is 9.88 Å². The zero-order valence-corrected chi connectivity index (χ0v) is 21.7. The van der Waals surface area contributed by atoms with Crippen molar-refractivity contribution >= 4 is 26.6 Å². The fraction of sp³-hybridized carbons (Fsp3) is 0.308. The Morgan fingerprint density at radius 3 is 2.71 bits per heavy atom. The Morgan fingerprint density at radius 1 is 1.34 bits per heavy atom. The summed E-state index contributed by atoms with van der Waals surface area (Å²) < 4.78 is 41.3. The maximum Gasteiger partial charge on any atom is 0.419 e. The zero-order valence-electron chi connectivity index (χ0n) is 20.9. The SMILES string of the molecule is CC(c1cccc2c(-c3ccc(CS(C)(=N)=O)c(F)c3)c(C(=O)O)[nH]c12)n1cc(CN2CC(N)C2)oc1=O. The zero-order chi connectivity index (χ0) is 27.4. The summed E-state index contributed by atoms with van der Waals surface area (Å²) in [7, 11) is -2.96. The highest BCUT2D eigenvalue weighted by atomic mass is 32.2. The Bertz CT molecular complexity index is 1720. The number of likely N-dealkylation sites (tertiary alicyclic amines) is 1. The van der Waals surface area contributed by atoms with E-state index in [-0.39, 0.29) is 23.1 Å². The number of rotatable bonds is 8. The molecule has 2 aromatic carbocycles. The van der Waals surface area contributed by atoms with Crippen LogP contribution in [0.4, 0.5) is 4.39 Å². The number of fused-ring (bicyclic) bond motifs is 1. The number of carboxylic acids is 1. The third-order valence-corrected chi connectivity index (χ3v) is 7.66. The van der Waals surface area contributed by atoms with Crippen LogP contribution in [0.5, 0.6) is 0 Å². The van der Waals surface area contributed by atoms with E-state index < -0.39 is 33.3 Å². The number of aromatic carboxylic acids is 1. The molecule has 2 unspecified atom stereocenters. The van der Waals surface area contributed by atoms with Crippen LogP contribution in [0, 0.1) is 10.6 Å². The van der Waals surface area contributed by atoms with Gasteiger partial charge in [0, 0.05) is 51.6 Å². The number of para-hydroxylation sites is 1. The van der Waals surface area contributed by atoms with Gasteiger partial charge in [0.1, 0.15) is 17.3 Å². The van der Waals surface area contributed by atoms with Gasteiger partial charge in [0.2, 0.25) is 0 Å². The summed E-state index contributed by atoms with van der Waals surface area (Å²) in [6.45, 7) is 3.75. The highest BCUT2D eigenvalue weighted by Gasteiger charge is 2.26. The average molecular weight is 542 g/mol. The summed E-state index contributed by atoms with van der Waals surface area (Å²) in [5, 5.41) is 10.5. The van der Waals surface area contributed by atoms with Gasteiger partial charge < -0.3 is 20.2 Å². The van der Waals surface area contributed by atoms with E-state index in [1.807, 2.05) is 6.92 Å². The maximum absolute atomic E-state index is 14.9. The molecule has 5 rings (SSSR count). The Balaban J connectivity index is 1.56. The first-order valence-corrected chi connectivity index (χ1v) is 14.1. The number of oxazole rings is 1. The van der Waals surface area contributed by atoms with Gasteiger partial charge in [-0.15, -0.1) is 0 Å². The standard InChI is InChI=1S/C26H28FN5O5S/c1-14(32-12-18(37-26(32)35)11-31-9-17(28)10-31)19-4-3-5-20-22(24(25(33)34)30-23(19)20)15-6-7-16(21(27)8-15)13-38(2,29)36/h3-8,12,14,17,29-30H,9-11,13,28H2,1-2H3,(H,33,34). The molecule has 12 heteroatoms. The summed E-state index contributed by atoms with van der Waals surface area (Å²) in [5.41, 5.74) is 7.61. The van der Waals surface area contributed by atoms with Gasteiger partial charge in [-0.25, -0.2) is 18.2 Å². The molecular formula is C26H28FN5O5S. The Labute approximate surface area is 217 Å². The molecule has 38 heavy (non-hydrogen) atoms. The van der Waals surface area contributed by atoms with E-state index in [0.717, 1.165) is 13.1 Å². The molecule has 1 saturated heterocycles. The van der Waals surface area contributed by atoms with Crippen molar-refractivity contribution in [2.45, 2.75) is 31.3 Å². The third kappa shape index (κ3) is 4.89. The summed E-state index contributed by atoms with van der Waals surface area (Å²) >= 11 is 0. The lowest BCUT2D eigenvalue weighted by Gasteiger charge is -2.35. The lowest BCUT2D eigenvalue weighted by Crippen LogP contribution is -2.54. The van der Waals surface area contributed by atoms with Gasteiger partial charge in [-0.1, -0.05) is 30.3 Å². The van der Waals surface area contributed by atoms with Crippen molar-refractivity contribution in [2.75, 3.05) is 19.3 Å². The number of benzene rings is 2. The molecule has 0 aliphatic carbocycles. The van der Waals surface area contributed by atoms with Crippen LogP contribution >= 0.6 is 0 Å². The van der Waals surface area contributed by atoms with Gasteiger partial charge in [-0.3, -0.25) is 14.2 Å². The lowest BCUT2D eigenvalue weighted by molar-refractivity contribution is 0.0692. The van der Waals surface area contributed by atoms with Gasteiger partial charge in [-0.05, 0) is 24.1 Å². The molecule has 0 spiro atoms. The van der Waals surface area contributed by atoms with Gasteiger partial charge in [-0.2, -0.15) is 0 Å². The fourth-order valence-corrected chi connectivity index (χ4v) is 5.84. The second kappa shape index (κ2) is 9.53. The van der Waals surface area contributed by atoms with Crippen molar-refractivity contribution in [3.63, 3.8) is 0 Å². The van der Waals surface area contributed by atoms with Crippen molar-refractivity contribution in [2.24, 2.45) is 5.73 Å². The van der Waals surface area contributed by atoms with E-state index in [9.17, 15) is 23.3 Å². The first kappa shape index (κ1) is 25.9. The molecule has 2 aromatic heterocycles. The van der Waals surface area contributed by atoms with E-state index in [0.29, 0.717) is 39.9 Å². The van der Waals surface area contributed by atoms with Crippen molar-refractivity contribution < 1.29 is 22.9 Å². The molecule has 0 amide bonds. The number of hydrogen-bond donors (Lipinski definition) is 4. The highest BCUT2D eigenvalue weighted by molar-refractivity contribution is 7.90. The second-order valence-electron chi connectivity index (χ2n) is 9.91. The van der Waals surface area contributed by atoms with E-state index >= 15 is 0 Å². The number of carboxylic acid groups (broad SMARTS) is 1. The Morgan fingerprint density at radius 2 is 2.08 bits per heavy atom. The summed E-state index contributed by atoms with van der Waals surface area (Å²) in [6.07, 6.45) is 2.89. The van der Waals surface area contributed by atoms with Gasteiger partial charge in [0.05, 0.1) is 30.1 Å². The van der Waals surface area contributed by atoms with Crippen molar-refractivity contribution in [1.82, 2.24) is 14.5 Å². The Hall–Kier alpha value is -3.74. The van der Waals surface area contributed by atoms with Crippen LogP contribution < -0.4 is 11.5 Å². The molecule has 2 atom stereocenters. The largest absolute Gasteiger partial charge is 0.477 e. The number of aromatic amines is 1. The van der Waals surface area contributed by atoms with Crippen LogP contribution in [0.1, 0.15) is 40.3 Å². The monoisotopic (exact) mass is 541 g/mol. The molecule has 1 aliphatic heterocycles. The predicted octanol–water partition coefficient (Wildman–Crippen LogP) is 3.36. The van der Waals surface area contributed by atoms with E-state index in [1.54, 1.807) is 30.5 Å². The van der Waals surface area contributed by atoms with Crippen LogP contribution in [0.25, 0.3) is 22.0 Å². The quantitative estimate of drug-likeness (QED) is 0.266. The molecule has 10 nitrogen and oxygen atoms in total. The minimum atomic E-state index is -2.96. The second-order valence-corrected chi connectivity index (χ2v) is 12.2. The van der Waals surface area contributed by atoms with Crippen molar-refractivity contribution in [3.05, 3.63) is 81.5 Å². The molecule has 1 fully saturated rings. The summed E-state index contributed by atoms with van der Waals surface area (Å²) in [4.78, 5) is 29.9. The molecule has 0 saturated carbocycles. The van der Waals surface area contributed by atoms with Crippen molar-refractivity contribution in [1.29, 1.82) is 4.78 Å². The summed E-state index contributed by atoms with van der Waals surface area (Å²) in [6, 6.07) is 9.09. The number of halogens is 1. The number of hydrogen-bond acceptors (Lipinski definition) is 7. The normalized spacial score (nSPS) is 16.8. The minimum Gasteiger partial charge on any atom is -0.477 e. The molecule has 200 valence electrons. The predicted molar refractivity (Wildman–Crippen MR) is 141 cm³/mol. The lowest BCUT2D eigenvalue weighted by atomic mass is 9.98. The summed E-state index contributed by atoms with van der Waals surface area (Å²) in [5.74, 6) is -2.15. The number of nitrogens with zero attached hydrogens (tertiary/aromatic N) is 2. The van der Waals surface area contributed by atoms with Gasteiger partial charge >= 0.3 is 11.7 Å². The van der Waals surface area contributed by atoms with Crippen molar-refractivity contribution in [3.8, 4) is 11.1 Å². The molecule has 3 heterocycles. The van der Waals surface area contributed by atoms with Gasteiger partial charge in [0.15, 0.2) is 0 Å². The van der Waals surface area contributed by atoms with Gasteiger partial charge in [0.25, 0.3) is 0 Å². The maximum atomic E-state index is 14.9.